The molecule has 0 bridgehead atoms. The summed E-state index contributed by atoms with van der Waals surface area (Å²) in [5.41, 5.74) is 3.36. The Balaban J connectivity index is 1.70. The Morgan fingerprint density at radius 3 is 2.55 bits per heavy atom. The maximum absolute atomic E-state index is 14.1. The summed E-state index contributed by atoms with van der Waals surface area (Å²) in [6.07, 6.45) is 0. The molecular weight excluding hydrogens is 421 g/mol. The number of benzene rings is 3. The molecule has 158 valence electrons. The summed E-state index contributed by atoms with van der Waals surface area (Å²) in [5.74, 6) is 0.460. The summed E-state index contributed by atoms with van der Waals surface area (Å²) in [7, 11) is 3.13. The highest BCUT2D eigenvalue weighted by atomic mass is 35.5. The maximum atomic E-state index is 14.1. The van der Waals surface area contributed by atoms with Crippen LogP contribution in [0.2, 0.25) is 5.02 Å². The van der Waals surface area contributed by atoms with Crippen LogP contribution in [0.25, 0.3) is 22.4 Å². The Bertz CT molecular complexity index is 1240. The van der Waals surface area contributed by atoms with Crippen molar-refractivity contribution in [1.82, 2.24) is 9.97 Å². The lowest BCUT2D eigenvalue weighted by Crippen LogP contribution is -2.15. The quantitative estimate of drug-likeness (QED) is 0.424. The van der Waals surface area contributed by atoms with Gasteiger partial charge >= 0.3 is 0 Å². The van der Waals surface area contributed by atoms with E-state index in [1.54, 1.807) is 26.4 Å². The van der Waals surface area contributed by atoms with Crippen molar-refractivity contribution in [2.45, 2.75) is 6.92 Å². The molecular formula is C23H19ClFN3O3. The van der Waals surface area contributed by atoms with Crippen LogP contribution in [0.1, 0.15) is 15.9 Å². The van der Waals surface area contributed by atoms with E-state index in [9.17, 15) is 9.18 Å². The zero-order chi connectivity index (χ0) is 22.1. The van der Waals surface area contributed by atoms with Gasteiger partial charge in [-0.05, 0) is 30.7 Å². The molecule has 0 atom stereocenters. The molecule has 6 nitrogen and oxygen atoms in total. The first kappa shape index (κ1) is 20.7. The number of hydrogen-bond acceptors (Lipinski definition) is 4. The molecule has 3 aromatic carbocycles. The minimum absolute atomic E-state index is 0.0477. The van der Waals surface area contributed by atoms with Gasteiger partial charge in [-0.3, -0.25) is 4.79 Å². The molecule has 0 fully saturated rings. The van der Waals surface area contributed by atoms with Crippen molar-refractivity contribution in [2.24, 2.45) is 0 Å². The van der Waals surface area contributed by atoms with Gasteiger partial charge in [0.25, 0.3) is 5.91 Å². The van der Waals surface area contributed by atoms with Crippen molar-refractivity contribution >= 4 is 34.2 Å². The second-order valence-electron chi connectivity index (χ2n) is 6.89. The summed E-state index contributed by atoms with van der Waals surface area (Å²) in [6, 6.07) is 13.2. The fourth-order valence-electron chi connectivity index (χ4n) is 3.28. The fourth-order valence-corrected chi connectivity index (χ4v) is 3.53. The van der Waals surface area contributed by atoms with Crippen LogP contribution in [0.5, 0.6) is 11.5 Å². The van der Waals surface area contributed by atoms with E-state index in [0.29, 0.717) is 28.5 Å². The number of ether oxygens (including phenoxy) is 2. The highest BCUT2D eigenvalue weighted by molar-refractivity contribution is 6.34. The average Bonchev–Trinajstić information content (AvgIpc) is 3.17. The number of carbonyl (C=O) groups excluding carboxylic acids is 1. The number of imidazole rings is 1. The number of halogens is 2. The molecule has 1 aromatic heterocycles. The Morgan fingerprint density at radius 2 is 1.84 bits per heavy atom. The van der Waals surface area contributed by atoms with E-state index in [1.807, 2.05) is 25.1 Å². The number of aromatic nitrogens is 2. The second-order valence-corrected chi connectivity index (χ2v) is 7.30. The number of aromatic amines is 1. The highest BCUT2D eigenvalue weighted by Gasteiger charge is 2.17. The summed E-state index contributed by atoms with van der Waals surface area (Å²) in [6.45, 7) is 1.84. The zero-order valence-corrected chi connectivity index (χ0v) is 17.8. The number of H-pyrrole nitrogens is 1. The number of nitrogens with zero attached hydrogens (tertiary/aromatic N) is 1. The molecule has 0 radical (unpaired) electrons. The highest BCUT2D eigenvalue weighted by Crippen LogP contribution is 2.33. The third-order valence-electron chi connectivity index (χ3n) is 4.94. The number of methoxy groups -OCH3 is 2. The van der Waals surface area contributed by atoms with Crippen molar-refractivity contribution < 1.29 is 18.7 Å². The van der Waals surface area contributed by atoms with Crippen LogP contribution in [0.3, 0.4) is 0 Å². The first-order valence-corrected chi connectivity index (χ1v) is 9.77. The van der Waals surface area contributed by atoms with E-state index in [-0.39, 0.29) is 10.6 Å². The third-order valence-corrected chi connectivity index (χ3v) is 5.25. The SMILES string of the molecule is COc1cc2nc(-c3ccc(C)c(NC(=O)c4c(F)cccc4Cl)c3)[nH]c2cc1OC. The topological polar surface area (TPSA) is 76.2 Å². The summed E-state index contributed by atoms with van der Waals surface area (Å²) in [5, 5.41) is 2.79. The predicted octanol–water partition coefficient (Wildman–Crippen LogP) is 5.60. The predicted molar refractivity (Wildman–Crippen MR) is 119 cm³/mol. The Hall–Kier alpha value is -3.58. The molecule has 4 aromatic rings. The van der Waals surface area contributed by atoms with Gasteiger partial charge in [-0.15, -0.1) is 0 Å². The van der Waals surface area contributed by atoms with Crippen LogP contribution in [0.15, 0.2) is 48.5 Å². The smallest absolute Gasteiger partial charge is 0.260 e. The van der Waals surface area contributed by atoms with Crippen molar-refractivity contribution in [3.63, 3.8) is 0 Å². The van der Waals surface area contributed by atoms with Gasteiger partial charge in [0, 0.05) is 23.4 Å². The van der Waals surface area contributed by atoms with Crippen molar-refractivity contribution in [2.75, 3.05) is 19.5 Å². The molecule has 0 saturated heterocycles. The Labute approximate surface area is 183 Å². The molecule has 0 saturated carbocycles. The minimum atomic E-state index is -0.681. The van der Waals surface area contributed by atoms with Gasteiger partial charge in [0.1, 0.15) is 11.6 Å². The first-order chi connectivity index (χ1) is 14.9. The molecule has 1 amide bonds. The normalized spacial score (nSPS) is 10.9. The van der Waals surface area contributed by atoms with Gasteiger partial charge in [-0.25, -0.2) is 9.37 Å². The monoisotopic (exact) mass is 439 g/mol. The number of aryl methyl sites for hydroxylation is 1. The van der Waals surface area contributed by atoms with Gasteiger partial charge in [0.15, 0.2) is 11.5 Å². The molecule has 0 unspecified atom stereocenters. The van der Waals surface area contributed by atoms with Crippen LogP contribution in [0, 0.1) is 12.7 Å². The fraction of sp³-hybridized carbons (Fsp3) is 0.130. The van der Waals surface area contributed by atoms with Gasteiger partial charge in [0.05, 0.1) is 35.8 Å². The van der Waals surface area contributed by atoms with Gasteiger partial charge < -0.3 is 19.8 Å². The van der Waals surface area contributed by atoms with E-state index < -0.39 is 11.7 Å². The van der Waals surface area contributed by atoms with E-state index in [0.717, 1.165) is 16.6 Å². The second kappa shape index (κ2) is 8.28. The number of nitrogens with one attached hydrogen (secondary N) is 2. The maximum Gasteiger partial charge on any atom is 0.260 e. The average molecular weight is 440 g/mol. The van der Waals surface area contributed by atoms with Crippen LogP contribution >= 0.6 is 11.6 Å². The van der Waals surface area contributed by atoms with Crippen molar-refractivity contribution in [3.8, 4) is 22.9 Å². The number of rotatable bonds is 5. The molecule has 0 aliphatic heterocycles. The molecule has 31 heavy (non-hydrogen) atoms. The zero-order valence-electron chi connectivity index (χ0n) is 17.0. The molecule has 2 N–H and O–H groups in total. The van der Waals surface area contributed by atoms with Crippen LogP contribution in [-0.2, 0) is 0 Å². The lowest BCUT2D eigenvalue weighted by atomic mass is 10.1. The summed E-state index contributed by atoms with van der Waals surface area (Å²) >= 11 is 6.02. The lowest BCUT2D eigenvalue weighted by Gasteiger charge is -2.11. The number of amides is 1. The molecule has 0 aliphatic carbocycles. The van der Waals surface area contributed by atoms with Gasteiger partial charge in [0.2, 0.25) is 0 Å². The number of fused-ring (bicyclic) bond motifs is 1. The van der Waals surface area contributed by atoms with Crippen molar-refractivity contribution in [3.05, 3.63) is 70.5 Å². The van der Waals surface area contributed by atoms with Gasteiger partial charge in [-0.1, -0.05) is 29.8 Å². The molecule has 0 spiro atoms. The standard InChI is InChI=1S/C23H19ClFN3O3/c1-12-7-8-13(9-16(12)28-23(29)21-14(24)5-4-6-15(21)25)22-26-17-10-19(30-2)20(31-3)11-18(17)27-22/h4-11H,1-3H3,(H,26,27)(H,28,29). The van der Waals surface area contributed by atoms with Crippen molar-refractivity contribution in [1.29, 1.82) is 0 Å². The number of anilines is 1. The third kappa shape index (κ3) is 3.92. The van der Waals surface area contributed by atoms with E-state index in [1.165, 1.54) is 18.2 Å². The number of carbonyl (C=O) groups is 1. The number of hydrogen-bond donors (Lipinski definition) is 2. The minimum Gasteiger partial charge on any atom is -0.493 e. The van der Waals surface area contributed by atoms with E-state index in [4.69, 9.17) is 21.1 Å². The Kier molecular flexibility index (Phi) is 5.52. The lowest BCUT2D eigenvalue weighted by molar-refractivity contribution is 0.102. The van der Waals surface area contributed by atoms with Crippen LogP contribution in [-0.4, -0.2) is 30.1 Å². The van der Waals surface area contributed by atoms with Crippen LogP contribution < -0.4 is 14.8 Å². The molecule has 8 heteroatoms. The molecule has 1 heterocycles. The molecule has 0 aliphatic rings. The van der Waals surface area contributed by atoms with E-state index >= 15 is 0 Å². The largest absolute Gasteiger partial charge is 0.493 e. The van der Waals surface area contributed by atoms with E-state index in [2.05, 4.69) is 15.3 Å². The Morgan fingerprint density at radius 1 is 1.10 bits per heavy atom. The molecule has 4 rings (SSSR count). The first-order valence-electron chi connectivity index (χ1n) is 9.39. The van der Waals surface area contributed by atoms with Gasteiger partial charge in [-0.2, -0.15) is 0 Å². The summed E-state index contributed by atoms with van der Waals surface area (Å²) < 4.78 is 24.8. The summed E-state index contributed by atoms with van der Waals surface area (Å²) in [4.78, 5) is 20.5. The van der Waals surface area contributed by atoms with Crippen LogP contribution in [0.4, 0.5) is 10.1 Å².